The Kier molecular flexibility index (Phi) is 3.47. The molecular weight excluding hydrogens is 264 g/mol. The molecule has 2 aromatic rings. The topological polar surface area (TPSA) is 60.9 Å². The lowest BCUT2D eigenvalue weighted by molar-refractivity contribution is -0.118. The maximum absolute atomic E-state index is 13.7. The number of nitrogens with zero attached hydrogens (tertiary/aromatic N) is 2. The molecule has 1 aromatic heterocycles. The number of carbonyl (C=O) groups is 1. The van der Waals surface area contributed by atoms with Crippen LogP contribution in [0.5, 0.6) is 0 Å². The van der Waals surface area contributed by atoms with Crippen LogP contribution in [0.25, 0.3) is 11.0 Å². The molecule has 0 unspecified atom stereocenters. The first-order chi connectivity index (χ1) is 8.54. The Labute approximate surface area is 106 Å². The second kappa shape index (κ2) is 4.89. The van der Waals surface area contributed by atoms with Crippen LogP contribution in [0.1, 0.15) is 5.82 Å². The lowest BCUT2D eigenvalue weighted by Gasteiger charge is -2.06. The van der Waals surface area contributed by atoms with Gasteiger partial charge in [0.25, 0.3) is 0 Å². The van der Waals surface area contributed by atoms with Crippen molar-refractivity contribution in [3.05, 3.63) is 29.6 Å². The third-order valence-corrected chi connectivity index (χ3v) is 2.70. The number of alkyl halides is 1. The summed E-state index contributed by atoms with van der Waals surface area (Å²) in [5, 5.41) is 0. The van der Waals surface area contributed by atoms with E-state index in [1.54, 1.807) is 0 Å². The van der Waals surface area contributed by atoms with Crippen LogP contribution in [0.15, 0.2) is 12.1 Å². The predicted molar refractivity (Wildman–Crippen MR) is 63.3 cm³/mol. The van der Waals surface area contributed by atoms with Gasteiger partial charge in [-0.15, -0.1) is 11.6 Å². The van der Waals surface area contributed by atoms with Crippen LogP contribution in [0.2, 0.25) is 0 Å². The summed E-state index contributed by atoms with van der Waals surface area (Å²) in [4.78, 5) is 15.1. The molecule has 7 heteroatoms. The van der Waals surface area contributed by atoms with Crippen molar-refractivity contribution < 1.29 is 13.6 Å². The van der Waals surface area contributed by atoms with Crippen molar-refractivity contribution in [3.63, 3.8) is 0 Å². The number of imidazole rings is 1. The number of hydrogen-bond donors (Lipinski definition) is 1. The van der Waals surface area contributed by atoms with Crippen LogP contribution >= 0.6 is 11.6 Å². The van der Waals surface area contributed by atoms with Crippen LogP contribution in [0, 0.1) is 11.6 Å². The molecule has 0 atom stereocenters. The molecule has 0 spiro atoms. The minimum Gasteiger partial charge on any atom is -0.368 e. The van der Waals surface area contributed by atoms with Gasteiger partial charge >= 0.3 is 0 Å². The number of hydrogen-bond acceptors (Lipinski definition) is 2. The van der Waals surface area contributed by atoms with E-state index in [4.69, 9.17) is 17.3 Å². The van der Waals surface area contributed by atoms with Crippen LogP contribution < -0.4 is 5.73 Å². The zero-order valence-corrected chi connectivity index (χ0v) is 10.0. The van der Waals surface area contributed by atoms with Gasteiger partial charge in [0.15, 0.2) is 11.6 Å². The number of primary amides is 1. The van der Waals surface area contributed by atoms with Gasteiger partial charge in [0.1, 0.15) is 17.9 Å². The normalized spacial score (nSPS) is 11.1. The quantitative estimate of drug-likeness (QED) is 0.860. The van der Waals surface area contributed by atoms with E-state index in [-0.39, 0.29) is 23.5 Å². The van der Waals surface area contributed by atoms with Gasteiger partial charge < -0.3 is 10.3 Å². The summed E-state index contributed by atoms with van der Waals surface area (Å²) >= 11 is 5.61. The number of nitrogens with two attached hydrogens (primary N) is 1. The maximum atomic E-state index is 13.7. The third kappa shape index (κ3) is 2.15. The van der Waals surface area contributed by atoms with Gasteiger partial charge in [0.05, 0.1) is 5.52 Å². The fourth-order valence-corrected chi connectivity index (χ4v) is 1.98. The van der Waals surface area contributed by atoms with E-state index in [1.807, 2.05) is 0 Å². The summed E-state index contributed by atoms with van der Waals surface area (Å²) in [6, 6.07) is 2.34. The second-order valence-electron chi connectivity index (χ2n) is 3.75. The number of aromatic nitrogens is 2. The highest BCUT2D eigenvalue weighted by atomic mass is 35.5. The summed E-state index contributed by atoms with van der Waals surface area (Å²) in [5.41, 5.74) is 5.30. The molecule has 0 saturated heterocycles. The standard InChI is InChI=1S/C11H10ClF2N3O/c12-4-3-9-16-7-2-1-6(13)10(14)11(7)17(9)5-8(15)18/h1-2H,3-5H2,(H2,15,18). The minimum absolute atomic E-state index is 0.0612. The fourth-order valence-electron chi connectivity index (χ4n) is 1.81. The van der Waals surface area contributed by atoms with Gasteiger partial charge in [-0.3, -0.25) is 4.79 Å². The smallest absolute Gasteiger partial charge is 0.237 e. The molecule has 1 aromatic carbocycles. The SMILES string of the molecule is NC(=O)Cn1c(CCCl)nc2ccc(F)c(F)c21. The molecule has 0 saturated carbocycles. The summed E-state index contributed by atoms with van der Waals surface area (Å²) in [6.07, 6.45) is 0.338. The number of carbonyl (C=O) groups excluding carboxylic acids is 1. The van der Waals surface area contributed by atoms with Crippen LogP contribution in [0.3, 0.4) is 0 Å². The van der Waals surface area contributed by atoms with Crippen molar-refractivity contribution in [2.75, 3.05) is 5.88 Å². The minimum atomic E-state index is -1.04. The Morgan fingerprint density at radius 3 is 2.78 bits per heavy atom. The molecule has 0 aliphatic carbocycles. The van der Waals surface area contributed by atoms with E-state index in [9.17, 15) is 13.6 Å². The number of amides is 1. The number of halogens is 3. The fraction of sp³-hybridized carbons (Fsp3) is 0.273. The van der Waals surface area contributed by atoms with Crippen LogP contribution in [-0.4, -0.2) is 21.3 Å². The Balaban J connectivity index is 2.70. The number of benzene rings is 1. The summed E-state index contributed by atoms with van der Waals surface area (Å²) in [6.45, 7) is -0.261. The number of fused-ring (bicyclic) bond motifs is 1. The van der Waals surface area contributed by atoms with E-state index in [1.165, 1.54) is 10.6 Å². The summed E-state index contributed by atoms with van der Waals surface area (Å²) in [7, 11) is 0. The van der Waals surface area contributed by atoms with Gasteiger partial charge in [-0.1, -0.05) is 0 Å². The lowest BCUT2D eigenvalue weighted by atomic mass is 10.3. The van der Waals surface area contributed by atoms with E-state index in [0.717, 1.165) is 6.07 Å². The molecule has 1 heterocycles. The van der Waals surface area contributed by atoms with Crippen molar-refractivity contribution in [1.82, 2.24) is 9.55 Å². The summed E-state index contributed by atoms with van der Waals surface area (Å²) < 4.78 is 28.2. The molecule has 0 aliphatic rings. The first kappa shape index (κ1) is 12.8. The zero-order chi connectivity index (χ0) is 13.3. The predicted octanol–water partition coefficient (Wildman–Crippen LogP) is 1.58. The number of rotatable bonds is 4. The molecule has 18 heavy (non-hydrogen) atoms. The number of aryl methyl sites for hydroxylation is 1. The molecule has 0 bridgehead atoms. The Morgan fingerprint density at radius 1 is 1.44 bits per heavy atom. The van der Waals surface area contributed by atoms with Crippen LogP contribution in [-0.2, 0) is 17.8 Å². The first-order valence-corrected chi connectivity index (χ1v) is 5.75. The first-order valence-electron chi connectivity index (χ1n) is 5.22. The van der Waals surface area contributed by atoms with E-state index in [0.29, 0.717) is 12.2 Å². The monoisotopic (exact) mass is 273 g/mol. The average Bonchev–Trinajstić information content (AvgIpc) is 2.63. The Hall–Kier alpha value is -1.69. The van der Waals surface area contributed by atoms with Gasteiger partial charge in [-0.2, -0.15) is 0 Å². The molecule has 2 N–H and O–H groups in total. The molecule has 1 amide bonds. The van der Waals surface area contributed by atoms with Crippen molar-refractivity contribution >= 4 is 28.5 Å². The van der Waals surface area contributed by atoms with Crippen molar-refractivity contribution in [1.29, 1.82) is 0 Å². The zero-order valence-electron chi connectivity index (χ0n) is 9.29. The highest BCUT2D eigenvalue weighted by Crippen LogP contribution is 2.22. The van der Waals surface area contributed by atoms with E-state index in [2.05, 4.69) is 4.98 Å². The molecule has 4 nitrogen and oxygen atoms in total. The molecule has 0 radical (unpaired) electrons. The second-order valence-corrected chi connectivity index (χ2v) is 4.13. The molecule has 0 aliphatic heterocycles. The average molecular weight is 274 g/mol. The highest BCUT2D eigenvalue weighted by molar-refractivity contribution is 6.17. The van der Waals surface area contributed by atoms with E-state index < -0.39 is 17.5 Å². The Morgan fingerprint density at radius 2 is 2.17 bits per heavy atom. The molecule has 96 valence electrons. The molecule has 0 fully saturated rings. The maximum Gasteiger partial charge on any atom is 0.237 e. The molecular formula is C11H10ClF2N3O. The van der Waals surface area contributed by atoms with Gasteiger partial charge in [-0.05, 0) is 12.1 Å². The van der Waals surface area contributed by atoms with Gasteiger partial charge in [0.2, 0.25) is 5.91 Å². The van der Waals surface area contributed by atoms with Crippen molar-refractivity contribution in [3.8, 4) is 0 Å². The third-order valence-electron chi connectivity index (χ3n) is 2.51. The molecule has 2 rings (SSSR count). The lowest BCUT2D eigenvalue weighted by Crippen LogP contribution is -2.20. The van der Waals surface area contributed by atoms with Crippen molar-refractivity contribution in [2.45, 2.75) is 13.0 Å². The largest absolute Gasteiger partial charge is 0.368 e. The van der Waals surface area contributed by atoms with Crippen molar-refractivity contribution in [2.24, 2.45) is 5.73 Å². The summed E-state index contributed by atoms with van der Waals surface area (Å²) in [5.74, 6) is -2.03. The van der Waals surface area contributed by atoms with Gasteiger partial charge in [-0.25, -0.2) is 13.8 Å². The van der Waals surface area contributed by atoms with Crippen LogP contribution in [0.4, 0.5) is 8.78 Å². The highest BCUT2D eigenvalue weighted by Gasteiger charge is 2.18. The Bertz CT molecular complexity index is 612. The van der Waals surface area contributed by atoms with E-state index >= 15 is 0 Å². The van der Waals surface area contributed by atoms with Gasteiger partial charge in [0, 0.05) is 12.3 Å².